The average Bonchev–Trinajstić information content (AvgIpc) is 3.27. The highest BCUT2D eigenvalue weighted by Gasteiger charge is 2.80. The Balaban J connectivity index is 1.66. The van der Waals surface area contributed by atoms with E-state index in [9.17, 15) is 19.5 Å². The van der Waals surface area contributed by atoms with E-state index in [0.717, 1.165) is 11.1 Å². The Morgan fingerprint density at radius 1 is 1.30 bits per heavy atom. The summed E-state index contributed by atoms with van der Waals surface area (Å²) in [5.41, 5.74) is -0.860. The van der Waals surface area contributed by atoms with Crippen molar-refractivity contribution in [2.24, 2.45) is 0 Å². The summed E-state index contributed by atoms with van der Waals surface area (Å²) in [4.78, 5) is 36.5. The monoisotopic (exact) mass is 415 g/mol. The van der Waals surface area contributed by atoms with Crippen LogP contribution in [0.25, 0.3) is 0 Å². The van der Waals surface area contributed by atoms with Crippen LogP contribution in [-0.2, 0) is 23.9 Å². The first-order valence-corrected chi connectivity index (χ1v) is 9.61. The number of hydrogen-bond donors (Lipinski definition) is 3. The van der Waals surface area contributed by atoms with Crippen molar-refractivity contribution in [3.8, 4) is 0 Å². The molecule has 8 nitrogen and oxygen atoms in total. The van der Waals surface area contributed by atoms with E-state index < -0.39 is 29.1 Å². The van der Waals surface area contributed by atoms with Gasteiger partial charge < -0.3 is 25.0 Å². The van der Waals surface area contributed by atoms with E-state index in [2.05, 4.69) is 5.32 Å². The number of aliphatic hydroxyl groups is 2. The molecule has 3 heterocycles. The van der Waals surface area contributed by atoms with E-state index in [1.807, 2.05) is 19.9 Å². The molecule has 8 heteroatoms. The normalized spacial score (nSPS) is 31.6. The lowest BCUT2D eigenvalue weighted by Crippen LogP contribution is -2.48. The van der Waals surface area contributed by atoms with Crippen LogP contribution in [0, 0.1) is 0 Å². The molecule has 0 saturated carbocycles. The number of carbonyl (C=O) groups is 3. The molecule has 2 fully saturated rings. The fourth-order valence-electron chi connectivity index (χ4n) is 3.65. The van der Waals surface area contributed by atoms with Crippen molar-refractivity contribution in [3.63, 3.8) is 0 Å². The highest BCUT2D eigenvalue weighted by molar-refractivity contribution is 6.21. The number of hydrogen-bond acceptors (Lipinski definition) is 7. The number of epoxide rings is 1. The zero-order valence-corrected chi connectivity index (χ0v) is 17.1. The number of aliphatic hydroxyl groups excluding tert-OH is 1. The van der Waals surface area contributed by atoms with Crippen molar-refractivity contribution in [2.45, 2.75) is 44.6 Å². The number of cyclic esters (lactones) is 1. The summed E-state index contributed by atoms with van der Waals surface area (Å²) in [5.74, 6) is -1.55. The third-order valence-corrected chi connectivity index (χ3v) is 5.20. The Bertz CT molecular complexity index is 939. The number of ketones is 1. The van der Waals surface area contributed by atoms with Gasteiger partial charge in [-0.05, 0) is 38.5 Å². The van der Waals surface area contributed by atoms with Crippen molar-refractivity contribution in [3.05, 3.63) is 58.7 Å². The van der Waals surface area contributed by atoms with Gasteiger partial charge in [0.05, 0.1) is 5.57 Å². The minimum Gasteiger partial charge on any atom is -0.458 e. The lowest BCUT2D eigenvalue weighted by atomic mass is 9.92. The lowest BCUT2D eigenvalue weighted by molar-refractivity contribution is -0.138. The van der Waals surface area contributed by atoms with Gasteiger partial charge in [0.1, 0.15) is 6.61 Å². The van der Waals surface area contributed by atoms with Crippen LogP contribution >= 0.6 is 0 Å². The largest absolute Gasteiger partial charge is 0.458 e. The van der Waals surface area contributed by atoms with Gasteiger partial charge in [0.15, 0.2) is 11.8 Å². The maximum atomic E-state index is 12.8. The summed E-state index contributed by atoms with van der Waals surface area (Å²) in [5, 5.41) is 21.8. The van der Waals surface area contributed by atoms with E-state index in [4.69, 9.17) is 14.6 Å². The van der Waals surface area contributed by atoms with Crippen LogP contribution in [0.15, 0.2) is 58.7 Å². The summed E-state index contributed by atoms with van der Waals surface area (Å²) >= 11 is 0. The zero-order chi connectivity index (χ0) is 22.1. The molecule has 3 aliphatic heterocycles. The number of nitrogens with one attached hydrogen (secondary N) is 1. The zero-order valence-electron chi connectivity index (χ0n) is 17.1. The number of rotatable bonds is 8. The van der Waals surface area contributed by atoms with Gasteiger partial charge >= 0.3 is 5.97 Å². The van der Waals surface area contributed by atoms with Gasteiger partial charge in [0.25, 0.3) is 5.91 Å². The number of ether oxygens (including phenoxy) is 2. The molecule has 0 radical (unpaired) electrons. The summed E-state index contributed by atoms with van der Waals surface area (Å²) in [6, 6.07) is 0. The number of amides is 1. The van der Waals surface area contributed by atoms with Gasteiger partial charge in [-0.2, -0.15) is 0 Å². The summed E-state index contributed by atoms with van der Waals surface area (Å²) in [6.45, 7) is 5.25. The summed E-state index contributed by atoms with van der Waals surface area (Å²) in [7, 11) is 0. The molecular formula is C22H25NO7. The molecule has 3 atom stereocenters. The predicted octanol–water partition coefficient (Wildman–Crippen LogP) is 0.772. The molecule has 160 valence electrons. The van der Waals surface area contributed by atoms with Crippen LogP contribution < -0.4 is 5.32 Å². The number of Topliss-reactive ketones (excluding diaryl/α,β-unsaturated/α-hetero) is 1. The standard InChI is InChI=1S/C22H25NO7/c1-13(11-14(2)12-16-7-10-29-18(16)26)5-4-6-15(3)17(25)22-19(30-22)21(28,8-9-24)23-20(22)27/h4-7,11-12,19,24,28H,8-10H2,1-3H3,(H,23,27)/b5-4+,13-11+,14-12+,15-6+/t19-,21-,22+/m1/s1. The van der Waals surface area contributed by atoms with Gasteiger partial charge in [-0.15, -0.1) is 0 Å². The second kappa shape index (κ2) is 8.14. The number of morpholine rings is 1. The molecule has 30 heavy (non-hydrogen) atoms. The number of fused-ring (bicyclic) bond motifs is 1. The molecule has 0 unspecified atom stereocenters. The van der Waals surface area contributed by atoms with Crippen LogP contribution in [0.4, 0.5) is 0 Å². The van der Waals surface area contributed by atoms with Crippen molar-refractivity contribution >= 4 is 17.7 Å². The average molecular weight is 415 g/mol. The van der Waals surface area contributed by atoms with Crippen LogP contribution in [0.1, 0.15) is 27.2 Å². The first-order chi connectivity index (χ1) is 14.1. The first kappa shape index (κ1) is 21.9. The van der Waals surface area contributed by atoms with Crippen molar-refractivity contribution in [1.82, 2.24) is 5.32 Å². The van der Waals surface area contributed by atoms with Crippen LogP contribution in [0.2, 0.25) is 0 Å². The Hall–Kier alpha value is -2.81. The molecule has 2 saturated heterocycles. The molecule has 0 bridgehead atoms. The van der Waals surface area contributed by atoms with Crippen molar-refractivity contribution in [1.29, 1.82) is 0 Å². The molecule has 0 spiro atoms. The molecule has 1 amide bonds. The van der Waals surface area contributed by atoms with E-state index in [0.29, 0.717) is 17.8 Å². The third kappa shape index (κ3) is 3.94. The number of esters is 1. The number of allylic oxidation sites excluding steroid dienone is 6. The van der Waals surface area contributed by atoms with Crippen LogP contribution in [0.3, 0.4) is 0 Å². The summed E-state index contributed by atoms with van der Waals surface area (Å²) in [6.07, 6.45) is 9.25. The molecule has 3 rings (SSSR count). The number of carbonyl (C=O) groups excluding carboxylic acids is 3. The second-order valence-corrected chi connectivity index (χ2v) is 7.66. The highest BCUT2D eigenvalue weighted by Crippen LogP contribution is 2.50. The molecule has 3 N–H and O–H groups in total. The highest BCUT2D eigenvalue weighted by atomic mass is 16.6. The molecule has 3 aliphatic rings. The minimum absolute atomic E-state index is 0.118. The lowest BCUT2D eigenvalue weighted by Gasteiger charge is -2.22. The van der Waals surface area contributed by atoms with Crippen LogP contribution in [0.5, 0.6) is 0 Å². The Kier molecular flexibility index (Phi) is 5.94. The molecule has 0 aliphatic carbocycles. The van der Waals surface area contributed by atoms with Crippen molar-refractivity contribution < 1.29 is 34.1 Å². The molecule has 0 aromatic rings. The predicted molar refractivity (Wildman–Crippen MR) is 107 cm³/mol. The Morgan fingerprint density at radius 3 is 2.63 bits per heavy atom. The fourth-order valence-corrected chi connectivity index (χ4v) is 3.65. The second-order valence-electron chi connectivity index (χ2n) is 7.66. The van der Waals surface area contributed by atoms with Gasteiger partial charge in [-0.1, -0.05) is 35.5 Å². The van der Waals surface area contributed by atoms with Crippen LogP contribution in [-0.4, -0.2) is 58.5 Å². The van der Waals surface area contributed by atoms with Gasteiger partial charge in [-0.3, -0.25) is 9.59 Å². The first-order valence-electron chi connectivity index (χ1n) is 9.61. The summed E-state index contributed by atoms with van der Waals surface area (Å²) < 4.78 is 10.2. The smallest absolute Gasteiger partial charge is 0.338 e. The topological polar surface area (TPSA) is 125 Å². The Labute approximate surface area is 174 Å². The fraction of sp³-hybridized carbons (Fsp3) is 0.409. The van der Waals surface area contributed by atoms with E-state index in [-0.39, 0.29) is 19.0 Å². The maximum absolute atomic E-state index is 12.8. The SMILES string of the molecule is CC(=C\C1=CCOC1=O)/C=C(C)/C=C/C=C(\C)C(=O)[C@]12O[C@@H]1[C@](O)(CCO)NC2=O. The van der Waals surface area contributed by atoms with Gasteiger partial charge in [0, 0.05) is 13.0 Å². The van der Waals surface area contributed by atoms with E-state index >= 15 is 0 Å². The third-order valence-electron chi connectivity index (χ3n) is 5.20. The van der Waals surface area contributed by atoms with Crippen molar-refractivity contribution in [2.75, 3.05) is 13.2 Å². The van der Waals surface area contributed by atoms with E-state index in [1.165, 1.54) is 0 Å². The minimum atomic E-state index is -1.73. The molecular weight excluding hydrogens is 390 g/mol. The quantitative estimate of drug-likeness (QED) is 0.176. The molecule has 0 aromatic carbocycles. The van der Waals surface area contributed by atoms with Gasteiger partial charge in [-0.25, -0.2) is 4.79 Å². The molecule has 0 aromatic heterocycles. The van der Waals surface area contributed by atoms with E-state index in [1.54, 1.807) is 37.3 Å². The van der Waals surface area contributed by atoms with Gasteiger partial charge in [0.2, 0.25) is 11.4 Å². The maximum Gasteiger partial charge on any atom is 0.338 e. The Morgan fingerprint density at radius 2 is 2.03 bits per heavy atom.